The molecule has 2 rings (SSSR count). The van der Waals surface area contributed by atoms with Crippen LogP contribution in [0, 0.1) is 0 Å². The summed E-state index contributed by atoms with van der Waals surface area (Å²) in [7, 11) is -3.76. The van der Waals surface area contributed by atoms with Gasteiger partial charge in [-0.2, -0.15) is 4.72 Å². The van der Waals surface area contributed by atoms with Gasteiger partial charge in [-0.15, -0.1) is 0 Å². The number of sulfonamides is 1. The van der Waals surface area contributed by atoms with Gasteiger partial charge in [-0.1, -0.05) is 0 Å². The maximum atomic E-state index is 12.2. The van der Waals surface area contributed by atoms with Crippen molar-refractivity contribution in [2.45, 2.75) is 36.7 Å². The second-order valence-electron chi connectivity index (χ2n) is 4.81. The van der Waals surface area contributed by atoms with Crippen molar-refractivity contribution in [1.82, 2.24) is 10.0 Å². The molecule has 6 nitrogen and oxygen atoms in total. The lowest BCUT2D eigenvalue weighted by atomic mass is 10.3. The number of nitrogen functional groups attached to an aromatic ring is 1. The van der Waals surface area contributed by atoms with Crippen molar-refractivity contribution in [3.8, 4) is 0 Å². The van der Waals surface area contributed by atoms with Gasteiger partial charge in [-0.05, 0) is 53.9 Å². The third-order valence-electron chi connectivity index (χ3n) is 2.93. The molecule has 0 saturated heterocycles. The van der Waals surface area contributed by atoms with E-state index in [2.05, 4.69) is 26.0 Å². The Balaban J connectivity index is 2.09. The summed E-state index contributed by atoms with van der Waals surface area (Å²) in [4.78, 5) is 11.8. The van der Waals surface area contributed by atoms with E-state index >= 15 is 0 Å². The summed E-state index contributed by atoms with van der Waals surface area (Å²) in [6.45, 7) is 1.52. The van der Waals surface area contributed by atoms with Crippen molar-refractivity contribution in [2.24, 2.45) is 0 Å². The SMILES string of the molecule is CC(NS(=O)(=O)c1ccc(N)c(Br)c1)C(=O)NC1CC1. The van der Waals surface area contributed by atoms with E-state index in [9.17, 15) is 13.2 Å². The second kappa shape index (κ2) is 5.71. The molecule has 0 heterocycles. The first-order valence-corrected chi connectivity index (χ1v) is 8.45. The Morgan fingerprint density at radius 2 is 2.10 bits per heavy atom. The molecular weight excluding hydrogens is 346 g/mol. The highest BCUT2D eigenvalue weighted by molar-refractivity contribution is 9.10. The van der Waals surface area contributed by atoms with Crippen LogP contribution in [0.2, 0.25) is 0 Å². The number of nitrogens with two attached hydrogens (primary N) is 1. The molecule has 0 spiro atoms. The number of rotatable bonds is 5. The summed E-state index contributed by atoms with van der Waals surface area (Å²) in [6.07, 6.45) is 1.91. The quantitative estimate of drug-likeness (QED) is 0.680. The standard InChI is InChI=1S/C12H16BrN3O3S/c1-7(12(17)15-8-2-3-8)16-20(18,19)9-4-5-11(14)10(13)6-9/h4-8,16H,2-3,14H2,1H3,(H,15,17). The van der Waals surface area contributed by atoms with Gasteiger partial charge in [0.2, 0.25) is 15.9 Å². The number of carbonyl (C=O) groups excluding carboxylic acids is 1. The van der Waals surface area contributed by atoms with E-state index in [0.29, 0.717) is 10.2 Å². The molecule has 1 unspecified atom stereocenters. The zero-order valence-corrected chi connectivity index (χ0v) is 13.3. The summed E-state index contributed by atoms with van der Waals surface area (Å²) in [5.41, 5.74) is 6.06. The first kappa shape index (κ1) is 15.3. The van der Waals surface area contributed by atoms with E-state index in [1.54, 1.807) is 0 Å². The highest BCUT2D eigenvalue weighted by Gasteiger charge is 2.28. The van der Waals surface area contributed by atoms with Crippen LogP contribution in [0.3, 0.4) is 0 Å². The maximum absolute atomic E-state index is 12.2. The lowest BCUT2D eigenvalue weighted by Gasteiger charge is -2.14. The zero-order chi connectivity index (χ0) is 14.9. The van der Waals surface area contributed by atoms with Crippen molar-refractivity contribution < 1.29 is 13.2 Å². The molecule has 1 fully saturated rings. The van der Waals surface area contributed by atoms with Crippen LogP contribution in [0.5, 0.6) is 0 Å². The number of benzene rings is 1. The molecule has 8 heteroatoms. The number of carbonyl (C=O) groups is 1. The normalized spacial score (nSPS) is 16.7. The van der Waals surface area contributed by atoms with E-state index < -0.39 is 16.1 Å². The van der Waals surface area contributed by atoms with Gasteiger partial charge in [0.05, 0.1) is 10.9 Å². The largest absolute Gasteiger partial charge is 0.398 e. The van der Waals surface area contributed by atoms with Gasteiger partial charge < -0.3 is 11.1 Å². The third-order valence-corrected chi connectivity index (χ3v) is 5.16. The smallest absolute Gasteiger partial charge is 0.241 e. The Kier molecular flexibility index (Phi) is 4.36. The molecule has 1 saturated carbocycles. The summed E-state index contributed by atoms with van der Waals surface area (Å²) < 4.78 is 27.2. The average Bonchev–Trinajstić information content (AvgIpc) is 3.15. The van der Waals surface area contributed by atoms with Gasteiger partial charge in [0.1, 0.15) is 0 Å². The summed E-state index contributed by atoms with van der Waals surface area (Å²) >= 11 is 3.18. The van der Waals surface area contributed by atoms with Crippen LogP contribution in [0.4, 0.5) is 5.69 Å². The minimum Gasteiger partial charge on any atom is -0.398 e. The van der Waals surface area contributed by atoms with E-state index in [1.807, 2.05) is 0 Å². The number of hydrogen-bond acceptors (Lipinski definition) is 4. The third kappa shape index (κ3) is 3.71. The fourth-order valence-electron chi connectivity index (χ4n) is 1.58. The van der Waals surface area contributed by atoms with Gasteiger partial charge in [-0.3, -0.25) is 4.79 Å². The summed E-state index contributed by atoms with van der Waals surface area (Å²) in [6, 6.07) is 3.67. The molecule has 0 aromatic heterocycles. The summed E-state index contributed by atoms with van der Waals surface area (Å²) in [5.74, 6) is -0.314. The fourth-order valence-corrected chi connectivity index (χ4v) is 3.34. The van der Waals surface area contributed by atoms with Crippen molar-refractivity contribution >= 4 is 37.5 Å². The zero-order valence-electron chi connectivity index (χ0n) is 10.9. The van der Waals surface area contributed by atoms with Crippen molar-refractivity contribution in [2.75, 3.05) is 5.73 Å². The van der Waals surface area contributed by atoms with Gasteiger partial charge in [0, 0.05) is 16.2 Å². The topological polar surface area (TPSA) is 101 Å². The van der Waals surface area contributed by atoms with Crippen LogP contribution in [-0.2, 0) is 14.8 Å². The van der Waals surface area contributed by atoms with Crippen LogP contribution in [0.1, 0.15) is 19.8 Å². The lowest BCUT2D eigenvalue weighted by molar-refractivity contribution is -0.122. The van der Waals surface area contributed by atoms with Gasteiger partial charge in [-0.25, -0.2) is 8.42 Å². The lowest BCUT2D eigenvalue weighted by Crippen LogP contribution is -2.45. The molecular formula is C12H16BrN3O3S. The molecule has 0 radical (unpaired) electrons. The first-order chi connectivity index (χ1) is 9.29. The van der Waals surface area contributed by atoms with Crippen molar-refractivity contribution in [1.29, 1.82) is 0 Å². The van der Waals surface area contributed by atoms with Crippen LogP contribution in [0.15, 0.2) is 27.6 Å². The molecule has 20 heavy (non-hydrogen) atoms. The van der Waals surface area contributed by atoms with Gasteiger partial charge >= 0.3 is 0 Å². The van der Waals surface area contributed by atoms with Gasteiger partial charge in [0.25, 0.3) is 0 Å². The second-order valence-corrected chi connectivity index (χ2v) is 7.38. The number of halogens is 1. The highest BCUT2D eigenvalue weighted by Crippen LogP contribution is 2.23. The van der Waals surface area contributed by atoms with E-state index in [-0.39, 0.29) is 16.8 Å². The molecule has 0 bridgehead atoms. The van der Waals surface area contributed by atoms with Crippen LogP contribution < -0.4 is 15.8 Å². The molecule has 1 aliphatic carbocycles. The molecule has 110 valence electrons. The molecule has 1 aliphatic rings. The molecule has 1 aromatic carbocycles. The predicted octanol–water partition coefficient (Wildman–Crippen LogP) is 0.977. The average molecular weight is 362 g/mol. The number of hydrogen-bond donors (Lipinski definition) is 3. The Hall–Kier alpha value is -1.12. The molecule has 1 amide bonds. The predicted molar refractivity (Wildman–Crippen MR) is 79.5 cm³/mol. The maximum Gasteiger partial charge on any atom is 0.241 e. The van der Waals surface area contributed by atoms with Gasteiger partial charge in [0.15, 0.2) is 0 Å². The van der Waals surface area contributed by atoms with E-state index in [0.717, 1.165) is 12.8 Å². The monoisotopic (exact) mass is 361 g/mol. The minimum absolute atomic E-state index is 0.0599. The Bertz CT molecular complexity index is 629. The fraction of sp³-hybridized carbons (Fsp3) is 0.417. The number of amides is 1. The van der Waals surface area contributed by atoms with E-state index in [4.69, 9.17) is 5.73 Å². The van der Waals surface area contributed by atoms with Crippen LogP contribution in [-0.4, -0.2) is 26.4 Å². The van der Waals surface area contributed by atoms with Crippen LogP contribution in [0.25, 0.3) is 0 Å². The Morgan fingerprint density at radius 1 is 1.45 bits per heavy atom. The molecule has 0 aliphatic heterocycles. The first-order valence-electron chi connectivity index (χ1n) is 6.17. The summed E-state index contributed by atoms with van der Waals surface area (Å²) in [5, 5.41) is 2.75. The molecule has 1 aromatic rings. The highest BCUT2D eigenvalue weighted by atomic mass is 79.9. The number of nitrogens with one attached hydrogen (secondary N) is 2. The Morgan fingerprint density at radius 3 is 2.65 bits per heavy atom. The Labute approximate surface area is 126 Å². The molecule has 1 atom stereocenters. The van der Waals surface area contributed by atoms with E-state index in [1.165, 1.54) is 25.1 Å². The molecule has 4 N–H and O–H groups in total. The van der Waals surface area contributed by atoms with Crippen molar-refractivity contribution in [3.05, 3.63) is 22.7 Å². The number of anilines is 1. The minimum atomic E-state index is -3.76. The van der Waals surface area contributed by atoms with Crippen LogP contribution >= 0.6 is 15.9 Å². The van der Waals surface area contributed by atoms with Crippen molar-refractivity contribution in [3.63, 3.8) is 0 Å².